The standard InChI is InChI=1S/C29H35N5O5S.Na.H/c1-32(29(36)39-20-21-8-4-3-5-9-21)14-15-34(24-18-30-33(2)19-24)40(37,38)31-28(35)17-27-25-12-6-10-22(25)16-23-11-7-13-26(23)27;;/h3-5,8-9,16,18-19H,6-7,10-15,17,20H2,1-2H3,(H,31,35);;. The van der Waals surface area contributed by atoms with Crippen molar-refractivity contribution in [1.29, 1.82) is 0 Å². The van der Waals surface area contributed by atoms with Crippen LogP contribution in [0, 0.1) is 0 Å². The quantitative estimate of drug-likeness (QED) is 0.364. The van der Waals surface area contributed by atoms with Crippen LogP contribution in [0.25, 0.3) is 0 Å². The third-order valence-electron chi connectivity index (χ3n) is 7.60. The van der Waals surface area contributed by atoms with E-state index in [0.717, 1.165) is 54.0 Å². The molecule has 41 heavy (non-hydrogen) atoms. The molecule has 0 unspecified atom stereocenters. The van der Waals surface area contributed by atoms with Crippen molar-refractivity contribution >= 4 is 57.5 Å². The summed E-state index contributed by atoms with van der Waals surface area (Å²) in [5, 5.41) is 4.09. The molecule has 0 radical (unpaired) electrons. The zero-order valence-corrected chi connectivity index (χ0v) is 23.7. The number of fused-ring (bicyclic) bond motifs is 2. The number of amides is 2. The Balaban J connectivity index is 0.00000387. The van der Waals surface area contributed by atoms with E-state index in [-0.39, 0.29) is 61.4 Å². The summed E-state index contributed by atoms with van der Waals surface area (Å²) >= 11 is 0. The number of ether oxygens (including phenoxy) is 1. The van der Waals surface area contributed by atoms with Crippen molar-refractivity contribution in [2.45, 2.75) is 51.6 Å². The Morgan fingerprint density at radius 1 is 1.02 bits per heavy atom. The molecular weight excluding hydrogens is 553 g/mol. The monoisotopic (exact) mass is 589 g/mol. The van der Waals surface area contributed by atoms with Crippen LogP contribution >= 0.6 is 0 Å². The van der Waals surface area contributed by atoms with Gasteiger partial charge in [0, 0.05) is 26.8 Å². The summed E-state index contributed by atoms with van der Waals surface area (Å²) in [5.74, 6) is -0.570. The molecule has 1 heterocycles. The van der Waals surface area contributed by atoms with Gasteiger partial charge in [0.15, 0.2) is 0 Å². The topological polar surface area (TPSA) is 114 Å². The van der Waals surface area contributed by atoms with Gasteiger partial charge in [0.25, 0.3) is 0 Å². The molecule has 3 aromatic rings. The molecule has 2 aliphatic rings. The molecule has 2 aromatic carbocycles. The van der Waals surface area contributed by atoms with Crippen LogP contribution in [0.2, 0.25) is 0 Å². The Kier molecular flexibility index (Phi) is 10.2. The predicted octanol–water partition coefficient (Wildman–Crippen LogP) is 2.43. The molecule has 0 atom stereocenters. The van der Waals surface area contributed by atoms with E-state index in [1.807, 2.05) is 30.3 Å². The molecule has 5 rings (SSSR count). The van der Waals surface area contributed by atoms with Gasteiger partial charge < -0.3 is 9.64 Å². The van der Waals surface area contributed by atoms with Gasteiger partial charge >= 0.3 is 45.9 Å². The van der Waals surface area contributed by atoms with Gasteiger partial charge in [-0.05, 0) is 71.9 Å². The van der Waals surface area contributed by atoms with Crippen LogP contribution in [0.15, 0.2) is 48.8 Å². The van der Waals surface area contributed by atoms with Crippen molar-refractivity contribution < 1.29 is 22.7 Å². The Hall–Kier alpha value is -2.86. The van der Waals surface area contributed by atoms with E-state index in [2.05, 4.69) is 15.9 Å². The number of nitrogens with zero attached hydrogens (tertiary/aromatic N) is 4. The molecule has 2 aliphatic carbocycles. The van der Waals surface area contributed by atoms with Gasteiger partial charge in [-0.15, -0.1) is 0 Å². The molecule has 0 aliphatic heterocycles. The zero-order chi connectivity index (χ0) is 28.3. The number of carbonyl (C=O) groups excluding carboxylic acids is 2. The molecule has 0 spiro atoms. The van der Waals surface area contributed by atoms with E-state index in [1.54, 1.807) is 13.2 Å². The van der Waals surface area contributed by atoms with Crippen LogP contribution in [0.4, 0.5) is 10.5 Å². The number of aromatic nitrogens is 2. The van der Waals surface area contributed by atoms with Crippen molar-refractivity contribution in [3.05, 3.63) is 82.2 Å². The van der Waals surface area contributed by atoms with Crippen LogP contribution in [-0.4, -0.2) is 84.8 Å². The first kappa shape index (κ1) is 31.1. The normalized spacial score (nSPS) is 13.6. The molecule has 0 bridgehead atoms. The molecule has 0 fully saturated rings. The van der Waals surface area contributed by atoms with Crippen LogP contribution in [0.1, 0.15) is 46.2 Å². The zero-order valence-electron chi connectivity index (χ0n) is 22.9. The van der Waals surface area contributed by atoms with E-state index in [1.165, 1.54) is 45.1 Å². The van der Waals surface area contributed by atoms with Crippen molar-refractivity contribution in [3.8, 4) is 0 Å². The molecule has 1 aromatic heterocycles. The minimum absolute atomic E-state index is 0. The fraction of sp³-hybridized carbons (Fsp3) is 0.414. The molecule has 0 saturated carbocycles. The summed E-state index contributed by atoms with van der Waals surface area (Å²) in [4.78, 5) is 27.1. The summed E-state index contributed by atoms with van der Waals surface area (Å²) in [7, 11) is -1.07. The van der Waals surface area contributed by atoms with Crippen molar-refractivity contribution in [2.24, 2.45) is 7.05 Å². The maximum absolute atomic E-state index is 13.5. The van der Waals surface area contributed by atoms with E-state index in [4.69, 9.17) is 4.74 Å². The number of aryl methyl sites for hydroxylation is 3. The van der Waals surface area contributed by atoms with Gasteiger partial charge in [-0.1, -0.05) is 36.4 Å². The second kappa shape index (κ2) is 13.4. The van der Waals surface area contributed by atoms with Crippen LogP contribution in [0.3, 0.4) is 0 Å². The first-order valence-electron chi connectivity index (χ1n) is 13.6. The molecule has 10 nitrogen and oxygen atoms in total. The van der Waals surface area contributed by atoms with Gasteiger partial charge in [-0.3, -0.25) is 9.48 Å². The number of nitrogens with one attached hydrogen (secondary N) is 1. The SMILES string of the molecule is CN(CCN(c1cnn(C)c1)S(=O)(=O)NC(=O)Cc1c2c(cc3c1CCC3)CCC2)C(=O)OCc1ccccc1.[NaH]. The second-order valence-electron chi connectivity index (χ2n) is 10.5. The Morgan fingerprint density at radius 3 is 2.29 bits per heavy atom. The summed E-state index contributed by atoms with van der Waals surface area (Å²) in [5.41, 5.74) is 7.16. The minimum atomic E-state index is -4.28. The fourth-order valence-electron chi connectivity index (χ4n) is 5.63. The van der Waals surface area contributed by atoms with E-state index >= 15 is 0 Å². The third-order valence-corrected chi connectivity index (χ3v) is 9.06. The third kappa shape index (κ3) is 7.32. The van der Waals surface area contributed by atoms with Gasteiger partial charge in [0.1, 0.15) is 6.61 Å². The molecule has 1 N–H and O–H groups in total. The van der Waals surface area contributed by atoms with Crippen molar-refractivity contribution in [2.75, 3.05) is 24.4 Å². The second-order valence-corrected chi connectivity index (χ2v) is 12.0. The number of anilines is 1. The average molecular weight is 590 g/mol. The average Bonchev–Trinajstić information content (AvgIpc) is 3.68. The summed E-state index contributed by atoms with van der Waals surface area (Å²) in [6, 6.07) is 11.6. The van der Waals surface area contributed by atoms with Crippen molar-refractivity contribution in [3.63, 3.8) is 0 Å². The first-order chi connectivity index (χ1) is 19.2. The Bertz CT molecular complexity index is 1480. The van der Waals surface area contributed by atoms with Crippen LogP contribution < -0.4 is 9.03 Å². The van der Waals surface area contributed by atoms with Gasteiger partial charge in [0.2, 0.25) is 5.91 Å². The number of likely N-dealkylation sites (N-methyl/N-ethyl adjacent to an activating group) is 1. The van der Waals surface area contributed by atoms with Crippen molar-refractivity contribution in [1.82, 2.24) is 19.4 Å². The molecule has 2 amide bonds. The number of benzene rings is 2. The number of hydrogen-bond donors (Lipinski definition) is 1. The van der Waals surface area contributed by atoms with Crippen LogP contribution in [-0.2, 0) is 65.5 Å². The predicted molar refractivity (Wildman–Crippen MR) is 158 cm³/mol. The molecule has 12 heteroatoms. The van der Waals surface area contributed by atoms with E-state index in [0.29, 0.717) is 0 Å². The first-order valence-corrected chi connectivity index (χ1v) is 15.0. The molecule has 0 saturated heterocycles. The summed E-state index contributed by atoms with van der Waals surface area (Å²) in [6.07, 6.45) is 8.38. The van der Waals surface area contributed by atoms with Gasteiger partial charge in [-0.2, -0.15) is 13.5 Å². The number of rotatable bonds is 10. The van der Waals surface area contributed by atoms with E-state index in [9.17, 15) is 18.0 Å². The van der Waals surface area contributed by atoms with Gasteiger partial charge in [0.05, 0.1) is 24.8 Å². The van der Waals surface area contributed by atoms with E-state index < -0.39 is 22.2 Å². The summed E-state index contributed by atoms with van der Waals surface area (Å²) < 4.78 is 37.2. The maximum atomic E-state index is 13.5. The number of carbonyl (C=O) groups is 2. The molecule has 214 valence electrons. The van der Waals surface area contributed by atoms with Gasteiger partial charge in [-0.25, -0.2) is 13.8 Å². The summed E-state index contributed by atoms with van der Waals surface area (Å²) in [6.45, 7) is 0.0519. The Labute approximate surface area is 263 Å². The fourth-order valence-corrected chi connectivity index (χ4v) is 6.79. The van der Waals surface area contributed by atoms with Crippen LogP contribution in [0.5, 0.6) is 0 Å². The molecular formula is C29H36N5NaO5S. The Morgan fingerprint density at radius 2 is 1.68 bits per heavy atom. The number of hydrogen-bond acceptors (Lipinski definition) is 6.